The first-order valence-electron chi connectivity index (χ1n) is 47.0. The van der Waals surface area contributed by atoms with Crippen molar-refractivity contribution in [1.29, 1.82) is 0 Å². The second-order valence-corrected chi connectivity index (χ2v) is 57.7. The van der Waals surface area contributed by atoms with Gasteiger partial charge in [-0.3, -0.25) is 0 Å². The summed E-state index contributed by atoms with van der Waals surface area (Å²) in [5.74, 6) is 1.95. The van der Waals surface area contributed by atoms with Crippen LogP contribution >= 0.6 is 0 Å². The van der Waals surface area contributed by atoms with Crippen molar-refractivity contribution in [2.75, 3.05) is 0 Å². The maximum Gasteiger partial charge on any atom is 0.0799 e. The van der Waals surface area contributed by atoms with E-state index in [1.807, 2.05) is 189 Å². The normalized spacial score (nSPS) is 11.9. The maximum atomic E-state index is 7.25. The van der Waals surface area contributed by atoms with Gasteiger partial charge in [0.1, 0.15) is 0 Å². The fourth-order valence-electron chi connectivity index (χ4n) is 15.2. The summed E-state index contributed by atoms with van der Waals surface area (Å²) >= 11 is 0. The van der Waals surface area contributed by atoms with E-state index >= 15 is 0 Å². The van der Waals surface area contributed by atoms with Crippen LogP contribution in [0.1, 0.15) is 121 Å². The maximum absolute atomic E-state index is 7.25. The van der Waals surface area contributed by atoms with Crippen molar-refractivity contribution in [3.05, 3.63) is 410 Å². The van der Waals surface area contributed by atoms with Gasteiger partial charge in [0.05, 0.1) is 32.3 Å². The van der Waals surface area contributed by atoms with E-state index in [2.05, 4.69) is 302 Å². The molecule has 16 heteroatoms. The molecular formula is C118H130Ir4N8Si4-8. The molecule has 1 fully saturated rings. The van der Waals surface area contributed by atoms with Gasteiger partial charge in [-0.15, -0.1) is 285 Å². The van der Waals surface area contributed by atoms with Gasteiger partial charge in [-0.1, -0.05) is 249 Å². The Morgan fingerprint density at radius 2 is 0.746 bits per heavy atom. The fraction of sp³-hybridized carbons (Fsp3) is 0.254. The molecule has 8 aromatic heterocycles. The van der Waals surface area contributed by atoms with Crippen molar-refractivity contribution >= 4 is 53.0 Å². The summed E-state index contributed by atoms with van der Waals surface area (Å²) in [4.78, 5) is 35.7. The fourth-order valence-corrected chi connectivity index (χ4v) is 21.7. The molecule has 4 radical (unpaired) electrons. The Balaban J connectivity index is 0.000000241. The summed E-state index contributed by atoms with van der Waals surface area (Å²) in [6, 6.07) is 113. The second kappa shape index (κ2) is 56.2. The van der Waals surface area contributed by atoms with Gasteiger partial charge in [0.2, 0.25) is 0 Å². The average molecular weight is 2540 g/mol. The van der Waals surface area contributed by atoms with Crippen molar-refractivity contribution in [3.8, 4) is 90.1 Å². The molecule has 0 unspecified atom stereocenters. The van der Waals surface area contributed by atoms with Crippen LogP contribution in [0.25, 0.3) is 90.1 Å². The van der Waals surface area contributed by atoms with E-state index in [0.717, 1.165) is 114 Å². The predicted octanol–water partition coefficient (Wildman–Crippen LogP) is 28.3. The summed E-state index contributed by atoms with van der Waals surface area (Å²) in [5.41, 5.74) is 26.1. The zero-order chi connectivity index (χ0) is 95.7. The second-order valence-electron chi connectivity index (χ2n) is 37.6. The molecule has 1 aliphatic rings. The molecule has 16 aromatic rings. The third-order valence-corrected chi connectivity index (χ3v) is 30.2. The molecule has 8 aromatic carbocycles. The topological polar surface area (TPSA) is 103 Å². The number of nitrogens with zero attached hydrogens (tertiary/aromatic N) is 8. The van der Waals surface area contributed by atoms with Gasteiger partial charge >= 0.3 is 0 Å². The first-order chi connectivity index (χ1) is 63.5. The van der Waals surface area contributed by atoms with Gasteiger partial charge in [-0.25, -0.2) is 0 Å². The molecule has 0 bridgehead atoms. The molecular weight excluding hydrogens is 2410 g/mol. The van der Waals surface area contributed by atoms with Gasteiger partial charge in [0, 0.05) is 134 Å². The summed E-state index contributed by atoms with van der Waals surface area (Å²) in [5, 5.41) is 5.99. The van der Waals surface area contributed by atoms with Gasteiger partial charge in [-0.2, -0.15) is 0 Å². The Labute approximate surface area is 866 Å². The van der Waals surface area contributed by atoms with Crippen LogP contribution in [0.5, 0.6) is 0 Å². The molecule has 8 heterocycles. The Morgan fingerprint density at radius 1 is 0.343 bits per heavy atom. The van der Waals surface area contributed by atoms with E-state index in [9.17, 15) is 0 Å². The Kier molecular flexibility index (Phi) is 45.3. The van der Waals surface area contributed by atoms with Crippen LogP contribution in [0.15, 0.2) is 316 Å². The first kappa shape index (κ1) is 108. The molecule has 0 amide bonds. The number of aryl methyl sites for hydroxylation is 5. The van der Waals surface area contributed by atoms with E-state index in [1.54, 1.807) is 47.7 Å². The average Bonchev–Trinajstić information content (AvgIpc) is 1.77. The van der Waals surface area contributed by atoms with Crippen molar-refractivity contribution in [3.63, 3.8) is 0 Å². The number of aromatic nitrogens is 8. The number of hydrogen-bond acceptors (Lipinski definition) is 8. The van der Waals surface area contributed by atoms with Crippen LogP contribution in [0.3, 0.4) is 0 Å². The molecule has 1 aliphatic carbocycles. The van der Waals surface area contributed by atoms with Crippen molar-refractivity contribution in [1.82, 2.24) is 39.9 Å². The summed E-state index contributed by atoms with van der Waals surface area (Å²) in [7, 11) is -5.32. The molecule has 0 spiro atoms. The van der Waals surface area contributed by atoms with Gasteiger partial charge in [-0.05, 0) is 134 Å². The van der Waals surface area contributed by atoms with Gasteiger partial charge < -0.3 is 39.9 Å². The number of pyridine rings is 8. The molecule has 0 aliphatic heterocycles. The van der Waals surface area contributed by atoms with Crippen LogP contribution < -0.4 is 20.7 Å². The van der Waals surface area contributed by atoms with Crippen LogP contribution in [-0.4, -0.2) is 72.2 Å². The molecule has 0 N–H and O–H groups in total. The number of hydrogen-bond donors (Lipinski definition) is 0. The van der Waals surface area contributed by atoms with Crippen molar-refractivity contribution < 1.29 is 84.5 Å². The molecule has 17 rings (SSSR count). The molecule has 134 heavy (non-hydrogen) atoms. The van der Waals surface area contributed by atoms with Crippen LogP contribution in [0, 0.1) is 82.1 Å². The molecule has 0 atom stereocenters. The van der Waals surface area contributed by atoms with Crippen LogP contribution in [0.2, 0.25) is 78.6 Å². The van der Waals surface area contributed by atoms with E-state index in [4.69, 9.17) is 9.10 Å². The standard InChI is InChI=1S/C19H24NSi.C18H24NSi.C17H22NSi.C16H20NSi.4C12H10N.4Ir/c1-21(2,3)19-14-20-18(16-11-5-4-6-12-16)13-17(19)15-9-7-8-10-15;1-14(2)11-16-12-17(15-9-7-6-8-10-15)19-13-18(16)20(3,4)5;1-13(2)15-11-16(14-9-7-6-8-10-14)18-12-17(15)19(3,4)5;1-5-13-11-15(14-9-7-6-8-10-14)17-12-16(13)18(2,3)4;2*1-10-5-4-6-11(9-10)12-7-2-3-8-13-12;1-10-6-2-3-7-11(10)12-8-4-5-9-13-12;1-10-5-7-11(8-6-10)12-4-2-3-9-13-12;;;;/h4-6,11,13-15H,7-10H2,1-3H3;6-9,12-14H,11H2,1-5H3;6-9,11-13H,1-5H3;6-9,11-12H,5H2,1-4H3;2-5,7-9H,1H3;2-8H,1H3;2-6,8-9H,1H3;2-7,9H,1H3;;;;/q8*-1;;;;/i;;;;;;;1D3;;;;. The van der Waals surface area contributed by atoms with Gasteiger partial charge in [0.15, 0.2) is 0 Å². The third-order valence-electron chi connectivity index (χ3n) is 22.0. The van der Waals surface area contributed by atoms with E-state index in [0.29, 0.717) is 17.4 Å². The van der Waals surface area contributed by atoms with Gasteiger partial charge in [0.25, 0.3) is 0 Å². The Bertz CT molecular complexity index is 6130. The van der Waals surface area contributed by atoms with E-state index in [-0.39, 0.29) is 80.4 Å². The third kappa shape index (κ3) is 35.8. The summed E-state index contributed by atoms with van der Waals surface area (Å²) < 4.78 is 21.7. The first-order valence-corrected chi connectivity index (χ1v) is 59.5. The van der Waals surface area contributed by atoms with E-state index < -0.39 is 39.1 Å². The molecule has 1 saturated carbocycles. The largest absolute Gasteiger partial charge is 0.305 e. The summed E-state index contributed by atoms with van der Waals surface area (Å²) in [6.45, 7) is 44.1. The summed E-state index contributed by atoms with van der Waals surface area (Å²) in [6.07, 6.45) is 23.2. The minimum absolute atomic E-state index is 0. The molecule has 0 saturated heterocycles. The monoisotopic (exact) mass is 2550 g/mol. The SMILES string of the molecule is CC(C)Cc1cc(-c2[c-]cccc2)ncc1[Si](C)(C)C.CC(C)c1cc(-c2[c-]cccc2)ncc1[Si](C)(C)C.CCc1cc(-c2[c-]cccc2)ncc1[Si](C)(C)C.C[Si](C)(C)c1cnc(-c2[c-]cccc2)cc1C1CCCC1.Cc1[c-]c(-c2ccccn2)ccc1.Cc1cc[c-]c(-c2ccccn2)c1.Cc1ccc[c-]c1-c1ccccn1.[2H]C([2H])([2H])c1c[c-]c(-c2ccccn2)cc1.[Ir].[Ir].[Ir].[Ir]. The zero-order valence-corrected chi connectivity index (χ0v) is 95.0. The number of rotatable bonds is 17. The number of benzene rings is 8. The molecule has 8 nitrogen and oxygen atoms in total. The zero-order valence-electron chi connectivity index (χ0n) is 84.4. The minimum atomic E-state index is -2.07. The van der Waals surface area contributed by atoms with E-state index in [1.165, 1.54) is 75.1 Å². The van der Waals surface area contributed by atoms with Crippen molar-refractivity contribution in [2.24, 2.45) is 5.92 Å². The molecule has 702 valence electrons. The van der Waals surface area contributed by atoms with Crippen LogP contribution in [-0.2, 0) is 93.3 Å². The smallest absolute Gasteiger partial charge is 0.0799 e. The van der Waals surface area contributed by atoms with Crippen molar-refractivity contribution in [2.45, 2.75) is 191 Å². The Hall–Kier alpha value is -9.58. The minimum Gasteiger partial charge on any atom is -0.305 e. The Morgan fingerprint density at radius 3 is 1.15 bits per heavy atom. The predicted molar refractivity (Wildman–Crippen MR) is 562 cm³/mol. The van der Waals surface area contributed by atoms with Crippen LogP contribution in [0.4, 0.5) is 0 Å². The quantitative estimate of drug-likeness (QED) is 0.0656.